The molecule has 4 nitrogen and oxygen atoms in total. The smallest absolute Gasteiger partial charge is 0.220 e. The quantitative estimate of drug-likeness (QED) is 0.699. The monoisotopic (exact) mass is 359 g/mol. The number of amides is 1. The fourth-order valence-electron chi connectivity index (χ4n) is 2.61. The van der Waals surface area contributed by atoms with Crippen LogP contribution in [0, 0.1) is 0 Å². The summed E-state index contributed by atoms with van der Waals surface area (Å²) in [5.41, 5.74) is 2.26. The number of rotatable bonds is 7. The van der Waals surface area contributed by atoms with Gasteiger partial charge in [-0.05, 0) is 48.6 Å². The van der Waals surface area contributed by atoms with Gasteiger partial charge in [-0.25, -0.2) is 4.98 Å². The fourth-order valence-corrected chi connectivity index (χ4v) is 4.28. The zero-order valence-corrected chi connectivity index (χ0v) is 15.5. The summed E-state index contributed by atoms with van der Waals surface area (Å²) in [6.07, 6.45) is 1.17. The van der Waals surface area contributed by atoms with Crippen LogP contribution < -0.4 is 5.32 Å². The Bertz CT molecular complexity index is 763. The van der Waals surface area contributed by atoms with Gasteiger partial charge in [-0.3, -0.25) is 4.79 Å². The Balaban J connectivity index is 1.51. The topological polar surface area (TPSA) is 45.2 Å². The molecule has 0 saturated carbocycles. The van der Waals surface area contributed by atoms with E-state index in [1.54, 1.807) is 22.7 Å². The van der Waals surface area contributed by atoms with Crippen molar-refractivity contribution < 1.29 is 4.79 Å². The second-order valence-corrected chi connectivity index (χ2v) is 7.81. The lowest BCUT2D eigenvalue weighted by Gasteiger charge is -2.24. The van der Waals surface area contributed by atoms with Gasteiger partial charge in [0.05, 0.1) is 21.3 Å². The highest BCUT2D eigenvalue weighted by atomic mass is 32.1. The maximum atomic E-state index is 12.2. The van der Waals surface area contributed by atoms with Crippen LogP contribution in [0.2, 0.25) is 0 Å². The number of nitrogens with zero attached hydrogens (tertiary/aromatic N) is 2. The first-order valence-electron chi connectivity index (χ1n) is 7.93. The lowest BCUT2D eigenvalue weighted by molar-refractivity contribution is -0.121. The molecule has 2 heterocycles. The molecule has 3 aromatic rings. The van der Waals surface area contributed by atoms with E-state index < -0.39 is 0 Å². The van der Waals surface area contributed by atoms with Gasteiger partial charge in [0.15, 0.2) is 0 Å². The van der Waals surface area contributed by atoms with Crippen LogP contribution in [0.25, 0.3) is 10.2 Å². The van der Waals surface area contributed by atoms with Crippen LogP contribution >= 0.6 is 22.7 Å². The van der Waals surface area contributed by atoms with E-state index in [9.17, 15) is 4.79 Å². The van der Waals surface area contributed by atoms with Crippen LogP contribution in [0.3, 0.4) is 0 Å². The van der Waals surface area contributed by atoms with E-state index in [-0.39, 0.29) is 11.9 Å². The van der Waals surface area contributed by atoms with E-state index in [4.69, 9.17) is 0 Å². The average Bonchev–Trinajstić information content (AvgIpc) is 3.22. The third-order valence-electron chi connectivity index (χ3n) is 3.95. The van der Waals surface area contributed by atoms with Crippen molar-refractivity contribution in [1.82, 2.24) is 15.2 Å². The van der Waals surface area contributed by atoms with E-state index >= 15 is 0 Å². The Hall–Kier alpha value is -1.76. The van der Waals surface area contributed by atoms with Crippen molar-refractivity contribution in [2.45, 2.75) is 18.9 Å². The molecule has 3 rings (SSSR count). The molecule has 0 spiro atoms. The average molecular weight is 360 g/mol. The number of benzene rings is 1. The molecule has 126 valence electrons. The van der Waals surface area contributed by atoms with Gasteiger partial charge in [-0.15, -0.1) is 11.3 Å². The molecule has 0 saturated heterocycles. The zero-order valence-electron chi connectivity index (χ0n) is 13.9. The van der Waals surface area contributed by atoms with Gasteiger partial charge in [0.1, 0.15) is 0 Å². The minimum Gasteiger partial charge on any atom is -0.354 e. The standard InChI is InChI=1S/C18H21N3OS2/c1-21(2)15(13-9-10-23-12-13)11-19-17(22)7-8-18-20-14-5-3-4-6-16(14)24-18/h3-6,9-10,12,15H,7-8,11H2,1-2H3,(H,19,22). The first-order chi connectivity index (χ1) is 11.6. The maximum Gasteiger partial charge on any atom is 0.220 e. The number of aromatic nitrogens is 1. The summed E-state index contributed by atoms with van der Waals surface area (Å²) in [5.74, 6) is 0.0799. The van der Waals surface area contributed by atoms with Crippen LogP contribution in [-0.2, 0) is 11.2 Å². The maximum absolute atomic E-state index is 12.2. The van der Waals surface area contributed by atoms with Crippen molar-refractivity contribution >= 4 is 38.8 Å². The predicted octanol–water partition coefficient (Wildman–Crippen LogP) is 3.71. The lowest BCUT2D eigenvalue weighted by Crippen LogP contribution is -2.34. The molecule has 0 bridgehead atoms. The van der Waals surface area contributed by atoms with E-state index in [0.29, 0.717) is 19.4 Å². The fraction of sp³-hybridized carbons (Fsp3) is 0.333. The molecule has 24 heavy (non-hydrogen) atoms. The number of hydrogen-bond donors (Lipinski definition) is 1. The number of nitrogens with one attached hydrogen (secondary N) is 1. The molecule has 0 aliphatic heterocycles. The molecule has 0 aliphatic rings. The Morgan fingerprint density at radius 2 is 2.12 bits per heavy atom. The van der Waals surface area contributed by atoms with Crippen molar-refractivity contribution in [2.24, 2.45) is 0 Å². The summed E-state index contributed by atoms with van der Waals surface area (Å²) in [4.78, 5) is 18.9. The first kappa shape index (κ1) is 17.1. The largest absolute Gasteiger partial charge is 0.354 e. The Kier molecular flexibility index (Phi) is 5.60. The molecule has 2 aromatic heterocycles. The normalized spacial score (nSPS) is 12.6. The van der Waals surface area contributed by atoms with Crippen LogP contribution in [0.15, 0.2) is 41.1 Å². The molecule has 0 fully saturated rings. The lowest BCUT2D eigenvalue weighted by atomic mass is 10.1. The van der Waals surface area contributed by atoms with Crippen molar-refractivity contribution in [3.05, 3.63) is 51.7 Å². The number of hydrogen-bond acceptors (Lipinski definition) is 5. The van der Waals surface area contributed by atoms with E-state index in [2.05, 4.69) is 38.1 Å². The van der Waals surface area contributed by atoms with Crippen LogP contribution in [0.5, 0.6) is 0 Å². The summed E-state index contributed by atoms with van der Waals surface area (Å²) in [7, 11) is 4.07. The number of thiazole rings is 1. The molecular formula is C18H21N3OS2. The number of aryl methyl sites for hydroxylation is 1. The number of carbonyl (C=O) groups is 1. The third kappa shape index (κ3) is 4.20. The van der Waals surface area contributed by atoms with Crippen LogP contribution in [0.1, 0.15) is 23.0 Å². The van der Waals surface area contributed by atoms with Crippen LogP contribution in [-0.4, -0.2) is 36.4 Å². The van der Waals surface area contributed by atoms with Crippen molar-refractivity contribution in [3.8, 4) is 0 Å². The molecule has 1 amide bonds. The van der Waals surface area contributed by atoms with Gasteiger partial charge >= 0.3 is 0 Å². The number of likely N-dealkylation sites (N-methyl/N-ethyl adjacent to an activating group) is 1. The number of carbonyl (C=O) groups excluding carboxylic acids is 1. The number of para-hydroxylation sites is 1. The van der Waals surface area contributed by atoms with E-state index in [0.717, 1.165) is 10.5 Å². The highest BCUT2D eigenvalue weighted by Crippen LogP contribution is 2.23. The SMILES string of the molecule is CN(C)C(CNC(=O)CCc1nc2ccccc2s1)c1ccsc1. The van der Waals surface area contributed by atoms with Gasteiger partial charge in [0.25, 0.3) is 0 Å². The van der Waals surface area contributed by atoms with Gasteiger partial charge in [0, 0.05) is 19.4 Å². The molecular weight excluding hydrogens is 338 g/mol. The predicted molar refractivity (Wildman–Crippen MR) is 102 cm³/mol. The summed E-state index contributed by atoms with van der Waals surface area (Å²) in [6, 6.07) is 10.4. The highest BCUT2D eigenvalue weighted by Gasteiger charge is 2.15. The zero-order chi connectivity index (χ0) is 16.9. The molecule has 0 aliphatic carbocycles. The van der Waals surface area contributed by atoms with Crippen molar-refractivity contribution in [3.63, 3.8) is 0 Å². The Morgan fingerprint density at radius 3 is 2.83 bits per heavy atom. The van der Waals surface area contributed by atoms with Gasteiger partial charge in [0.2, 0.25) is 5.91 Å². The van der Waals surface area contributed by atoms with E-state index in [1.165, 1.54) is 10.3 Å². The Labute approximate surface area is 150 Å². The molecule has 1 N–H and O–H groups in total. The molecule has 0 radical (unpaired) electrons. The highest BCUT2D eigenvalue weighted by molar-refractivity contribution is 7.18. The second kappa shape index (κ2) is 7.88. The summed E-state index contributed by atoms with van der Waals surface area (Å²) in [5, 5.41) is 8.29. The van der Waals surface area contributed by atoms with Crippen molar-refractivity contribution in [1.29, 1.82) is 0 Å². The third-order valence-corrected chi connectivity index (χ3v) is 5.75. The summed E-state index contributed by atoms with van der Waals surface area (Å²) in [6.45, 7) is 0.627. The van der Waals surface area contributed by atoms with Gasteiger partial charge in [-0.1, -0.05) is 12.1 Å². The van der Waals surface area contributed by atoms with E-state index in [1.807, 2.05) is 32.3 Å². The second-order valence-electron chi connectivity index (χ2n) is 5.92. The Morgan fingerprint density at radius 1 is 1.29 bits per heavy atom. The number of fused-ring (bicyclic) bond motifs is 1. The minimum atomic E-state index is 0.0799. The van der Waals surface area contributed by atoms with Gasteiger partial charge in [-0.2, -0.15) is 11.3 Å². The number of thiophene rings is 1. The summed E-state index contributed by atoms with van der Waals surface area (Å²) >= 11 is 3.35. The van der Waals surface area contributed by atoms with Crippen molar-refractivity contribution in [2.75, 3.05) is 20.6 Å². The minimum absolute atomic E-state index is 0.0799. The molecule has 1 aromatic carbocycles. The molecule has 6 heteroatoms. The molecule has 1 atom stereocenters. The van der Waals surface area contributed by atoms with Gasteiger partial charge < -0.3 is 10.2 Å². The van der Waals surface area contributed by atoms with Crippen LogP contribution in [0.4, 0.5) is 0 Å². The molecule has 1 unspecified atom stereocenters. The summed E-state index contributed by atoms with van der Waals surface area (Å²) < 4.78 is 1.18. The first-order valence-corrected chi connectivity index (χ1v) is 9.69.